The third kappa shape index (κ3) is 3.46. The highest BCUT2D eigenvalue weighted by Gasteiger charge is 2.22. The third-order valence-corrected chi connectivity index (χ3v) is 4.48. The molecule has 0 aliphatic carbocycles. The molecule has 3 aromatic rings. The Balaban J connectivity index is 1.54. The van der Waals surface area contributed by atoms with Crippen LogP contribution in [0.25, 0.3) is 11.3 Å². The molecule has 0 fully saturated rings. The summed E-state index contributed by atoms with van der Waals surface area (Å²) in [5.41, 5.74) is 3.24. The topological polar surface area (TPSA) is 80.0 Å². The molecule has 4 rings (SSSR count). The summed E-state index contributed by atoms with van der Waals surface area (Å²) in [6.07, 6.45) is 2.27. The van der Waals surface area contributed by atoms with Crippen LogP contribution >= 0.6 is 0 Å². The van der Waals surface area contributed by atoms with Crippen LogP contribution < -0.4 is 0 Å². The van der Waals surface area contributed by atoms with Crippen molar-refractivity contribution < 1.29 is 14.6 Å². The quantitative estimate of drug-likeness (QED) is 0.759. The van der Waals surface area contributed by atoms with Crippen molar-refractivity contribution in [2.24, 2.45) is 5.10 Å². The van der Waals surface area contributed by atoms with Crippen LogP contribution in [0.5, 0.6) is 5.75 Å². The second-order valence-corrected chi connectivity index (χ2v) is 6.78. The average molecular weight is 376 g/mol. The van der Waals surface area contributed by atoms with E-state index in [9.17, 15) is 9.90 Å². The van der Waals surface area contributed by atoms with E-state index in [2.05, 4.69) is 10.1 Å². The molecule has 142 valence electrons. The zero-order chi connectivity index (χ0) is 19.7. The number of rotatable bonds is 4. The lowest BCUT2D eigenvalue weighted by Crippen LogP contribution is -2.21. The van der Waals surface area contributed by atoms with Crippen LogP contribution in [0, 0.1) is 0 Å². The molecular weight excluding hydrogens is 356 g/mol. The number of aromatic nitrogens is 2. The number of carbonyl (C=O) groups is 1. The summed E-state index contributed by atoms with van der Waals surface area (Å²) in [5, 5.41) is 13.9. The number of phenols is 1. The molecule has 1 aromatic heterocycles. The molecule has 0 spiro atoms. The van der Waals surface area contributed by atoms with E-state index in [1.807, 2.05) is 30.3 Å². The van der Waals surface area contributed by atoms with Crippen molar-refractivity contribution >= 4 is 11.8 Å². The number of hydrogen-bond acceptors (Lipinski definition) is 5. The molecule has 28 heavy (non-hydrogen) atoms. The van der Waals surface area contributed by atoms with E-state index >= 15 is 0 Å². The summed E-state index contributed by atoms with van der Waals surface area (Å²) in [6, 6.07) is 14.3. The molecule has 0 saturated carbocycles. The van der Waals surface area contributed by atoms with Crippen LogP contribution in [0.4, 0.5) is 0 Å². The molecule has 0 bridgehead atoms. The summed E-state index contributed by atoms with van der Waals surface area (Å²) < 4.78 is 7.56. The summed E-state index contributed by atoms with van der Waals surface area (Å²) >= 11 is 0. The molecule has 0 atom stereocenters. The highest BCUT2D eigenvalue weighted by Crippen LogP contribution is 2.25. The minimum Gasteiger partial charge on any atom is -0.508 e. The summed E-state index contributed by atoms with van der Waals surface area (Å²) in [6.45, 7) is 0.367. The first-order chi connectivity index (χ1) is 13.5. The first-order valence-corrected chi connectivity index (χ1v) is 8.88. The number of carbonyl (C=O) groups excluding carboxylic acids is 1. The van der Waals surface area contributed by atoms with Gasteiger partial charge in [0.2, 0.25) is 5.90 Å². The standard InChI is InChI=1S/C21H20N4O3/c1-24(2)21(27)16-5-3-4-15(10-16)18-12-22-19-11-20(23-25(18)19)28-13-14-6-8-17(26)9-7-14/h3-10,12,26H,11,13H2,1-2H3. The largest absolute Gasteiger partial charge is 0.508 e. The highest BCUT2D eigenvalue weighted by atomic mass is 16.5. The normalized spacial score (nSPS) is 12.4. The Labute approximate surface area is 162 Å². The molecule has 0 unspecified atom stereocenters. The Hall–Kier alpha value is -3.61. The number of nitrogens with zero attached hydrogens (tertiary/aromatic N) is 4. The summed E-state index contributed by atoms with van der Waals surface area (Å²) in [7, 11) is 3.46. The molecule has 1 amide bonds. The number of ether oxygens (including phenoxy) is 1. The van der Waals surface area contributed by atoms with Crippen molar-refractivity contribution in [3.63, 3.8) is 0 Å². The van der Waals surface area contributed by atoms with Crippen molar-refractivity contribution in [2.45, 2.75) is 13.0 Å². The first-order valence-electron chi connectivity index (χ1n) is 8.88. The van der Waals surface area contributed by atoms with Crippen LogP contribution in [0.1, 0.15) is 21.7 Å². The zero-order valence-electron chi connectivity index (χ0n) is 15.7. The van der Waals surface area contributed by atoms with E-state index in [0.717, 1.165) is 22.6 Å². The molecule has 0 saturated heterocycles. The minimum atomic E-state index is -0.0515. The van der Waals surface area contributed by atoms with Gasteiger partial charge in [-0.05, 0) is 29.8 Å². The van der Waals surface area contributed by atoms with Crippen LogP contribution in [0.15, 0.2) is 59.8 Å². The third-order valence-electron chi connectivity index (χ3n) is 4.48. The fourth-order valence-corrected chi connectivity index (χ4v) is 3.00. The maximum atomic E-state index is 12.2. The van der Waals surface area contributed by atoms with Gasteiger partial charge in [0, 0.05) is 25.2 Å². The van der Waals surface area contributed by atoms with Gasteiger partial charge in [0.1, 0.15) is 18.2 Å². The Kier molecular flexibility index (Phi) is 4.57. The van der Waals surface area contributed by atoms with E-state index in [4.69, 9.17) is 4.74 Å². The van der Waals surface area contributed by atoms with Crippen LogP contribution in [-0.4, -0.2) is 45.6 Å². The number of hydrogen-bond donors (Lipinski definition) is 1. The van der Waals surface area contributed by atoms with Crippen LogP contribution in [-0.2, 0) is 17.8 Å². The van der Waals surface area contributed by atoms with Crippen molar-refractivity contribution in [1.29, 1.82) is 0 Å². The monoisotopic (exact) mass is 376 g/mol. The molecule has 0 radical (unpaired) electrons. The summed E-state index contributed by atoms with van der Waals surface area (Å²) in [5.74, 6) is 1.55. The number of amides is 1. The zero-order valence-corrected chi connectivity index (χ0v) is 15.7. The number of fused-ring (bicyclic) bond motifs is 1. The predicted octanol–water partition coefficient (Wildman–Crippen LogP) is 2.89. The van der Waals surface area contributed by atoms with Gasteiger partial charge in [0.05, 0.1) is 18.3 Å². The second-order valence-electron chi connectivity index (χ2n) is 6.78. The Morgan fingerprint density at radius 1 is 1.21 bits per heavy atom. The van der Waals surface area contributed by atoms with Gasteiger partial charge in [0.15, 0.2) is 0 Å². The molecule has 7 heteroatoms. The fourth-order valence-electron chi connectivity index (χ4n) is 3.00. The average Bonchev–Trinajstić information content (AvgIpc) is 3.27. The number of imidazole rings is 1. The van der Waals surface area contributed by atoms with Crippen LogP contribution in [0.3, 0.4) is 0 Å². The lowest BCUT2D eigenvalue weighted by Gasteiger charge is -2.11. The maximum Gasteiger partial charge on any atom is 0.253 e. The number of phenolic OH excluding ortho intramolecular Hbond substituents is 1. The van der Waals surface area contributed by atoms with Gasteiger partial charge in [-0.15, -0.1) is 5.10 Å². The first kappa shape index (κ1) is 17.8. The van der Waals surface area contributed by atoms with E-state index in [0.29, 0.717) is 24.5 Å². The van der Waals surface area contributed by atoms with Gasteiger partial charge in [-0.2, -0.15) is 0 Å². The highest BCUT2D eigenvalue weighted by molar-refractivity contribution is 5.95. The van der Waals surface area contributed by atoms with E-state index in [1.54, 1.807) is 48.1 Å². The van der Waals surface area contributed by atoms with E-state index in [-0.39, 0.29) is 11.7 Å². The molecule has 1 N–H and O–H groups in total. The van der Waals surface area contributed by atoms with E-state index < -0.39 is 0 Å². The van der Waals surface area contributed by atoms with Gasteiger partial charge in [-0.3, -0.25) is 4.79 Å². The van der Waals surface area contributed by atoms with Gasteiger partial charge in [-0.1, -0.05) is 24.3 Å². The van der Waals surface area contributed by atoms with Crippen molar-refractivity contribution in [3.8, 4) is 17.0 Å². The van der Waals surface area contributed by atoms with Gasteiger partial charge < -0.3 is 14.7 Å². The van der Waals surface area contributed by atoms with Gasteiger partial charge in [0.25, 0.3) is 5.91 Å². The lowest BCUT2D eigenvalue weighted by atomic mass is 10.1. The maximum absolute atomic E-state index is 12.2. The Morgan fingerprint density at radius 2 is 2.00 bits per heavy atom. The Bertz CT molecular complexity index is 1050. The Morgan fingerprint density at radius 3 is 2.75 bits per heavy atom. The van der Waals surface area contributed by atoms with Crippen molar-refractivity contribution in [2.75, 3.05) is 14.1 Å². The lowest BCUT2D eigenvalue weighted by molar-refractivity contribution is 0.0827. The van der Waals surface area contributed by atoms with Crippen LogP contribution in [0.2, 0.25) is 0 Å². The molecule has 2 heterocycles. The van der Waals surface area contributed by atoms with E-state index in [1.165, 1.54) is 0 Å². The second kappa shape index (κ2) is 7.19. The molecular formula is C21H20N4O3. The fraction of sp³-hybridized carbons (Fsp3) is 0.190. The SMILES string of the molecule is CN(C)C(=O)c1cccc(-c2cnc3n2N=C(OCc2ccc(O)cc2)C3)c1. The minimum absolute atomic E-state index is 0.0515. The number of aromatic hydroxyl groups is 1. The molecule has 7 nitrogen and oxygen atoms in total. The van der Waals surface area contributed by atoms with Crippen molar-refractivity contribution in [1.82, 2.24) is 14.6 Å². The smallest absolute Gasteiger partial charge is 0.253 e. The molecule has 2 aromatic carbocycles. The summed E-state index contributed by atoms with van der Waals surface area (Å²) in [4.78, 5) is 18.2. The van der Waals surface area contributed by atoms with Gasteiger partial charge >= 0.3 is 0 Å². The number of benzene rings is 2. The van der Waals surface area contributed by atoms with Gasteiger partial charge in [-0.25, -0.2) is 9.66 Å². The van der Waals surface area contributed by atoms with Crippen molar-refractivity contribution in [3.05, 3.63) is 71.7 Å². The molecule has 1 aliphatic rings. The predicted molar refractivity (Wildman–Crippen MR) is 105 cm³/mol. The molecule has 1 aliphatic heterocycles.